The highest BCUT2D eigenvalue weighted by Gasteiger charge is 2.28. The minimum atomic E-state index is -1.45. The molecule has 0 rings (SSSR count). The largest absolute Gasteiger partial charge is 0.671 e. The van der Waals surface area contributed by atoms with Crippen molar-refractivity contribution < 1.29 is 7.58 Å². The zero-order chi connectivity index (χ0) is 9.99. The lowest BCUT2D eigenvalue weighted by Gasteiger charge is -2.29. The Morgan fingerprint density at radius 2 is 1.00 bits per heavy atom. The molecule has 0 aromatic rings. The van der Waals surface area contributed by atoms with E-state index >= 15 is 0 Å². The molecule has 2 nitrogen and oxygen atoms in total. The van der Waals surface area contributed by atoms with Crippen molar-refractivity contribution in [2.24, 2.45) is 0 Å². The molecule has 0 amide bonds. The summed E-state index contributed by atoms with van der Waals surface area (Å²) in [5.74, 6) is 2.07. The Morgan fingerprint density at radius 1 is 0.750 bits per heavy atom. The maximum atomic E-state index is 5.73. The van der Waals surface area contributed by atoms with Crippen LogP contribution in [0.25, 0.3) is 0 Å². The second-order valence-electron chi connectivity index (χ2n) is 5.03. The number of hydrogen-bond donors (Lipinski definition) is 0. The van der Waals surface area contributed by atoms with Crippen LogP contribution in [0.5, 0.6) is 0 Å². The third kappa shape index (κ3) is 8.55. The Kier molecular flexibility index (Phi) is 4.26. The Morgan fingerprint density at radius 3 is 1.17 bits per heavy atom. The Balaban J connectivity index is 3.83. The van der Waals surface area contributed by atoms with Gasteiger partial charge >= 0.3 is 14.8 Å². The van der Waals surface area contributed by atoms with Crippen molar-refractivity contribution in [1.29, 1.82) is 0 Å². The molecule has 0 aliphatic heterocycles. The fraction of sp³-hybridized carbons (Fsp3) is 1.00. The van der Waals surface area contributed by atoms with Gasteiger partial charge in [0, 0.05) is 11.2 Å². The Bertz CT molecular complexity index is 116. The second kappa shape index (κ2) is 4.11. The van der Waals surface area contributed by atoms with Crippen LogP contribution in [0.2, 0.25) is 5.79 Å². The van der Waals surface area contributed by atoms with Crippen molar-refractivity contribution >= 4 is 14.8 Å². The standard InChI is InChI=1S/2C4H9O.CH3.Al/c2*1-4(2,3)5;;/h2*1-3H3;1H3;/q2*-1;;+2. The molecule has 0 aliphatic carbocycles. The van der Waals surface area contributed by atoms with Crippen LogP contribution in [0.15, 0.2) is 0 Å². The molecule has 0 radical (unpaired) electrons. The van der Waals surface area contributed by atoms with Crippen LogP contribution in [0.3, 0.4) is 0 Å². The smallest absolute Gasteiger partial charge is 0.474 e. The summed E-state index contributed by atoms with van der Waals surface area (Å²) in [4.78, 5) is 0. The van der Waals surface area contributed by atoms with Crippen molar-refractivity contribution in [3.63, 3.8) is 0 Å². The van der Waals surface area contributed by atoms with E-state index in [9.17, 15) is 0 Å². The van der Waals surface area contributed by atoms with Crippen LogP contribution in [-0.2, 0) is 7.58 Å². The molecule has 3 heteroatoms. The maximum Gasteiger partial charge on any atom is 0.671 e. The molecular formula is C9H21AlO2. The first kappa shape index (κ1) is 12.5. The van der Waals surface area contributed by atoms with Crippen LogP contribution >= 0.6 is 0 Å². The van der Waals surface area contributed by atoms with Gasteiger partial charge in [0.25, 0.3) is 0 Å². The van der Waals surface area contributed by atoms with Crippen LogP contribution < -0.4 is 0 Å². The highest BCUT2D eigenvalue weighted by Crippen LogP contribution is 2.14. The Hall–Kier alpha value is 0.452. The molecular weight excluding hydrogens is 167 g/mol. The first-order valence-electron chi connectivity index (χ1n) is 4.46. The lowest BCUT2D eigenvalue weighted by Crippen LogP contribution is -2.36. The van der Waals surface area contributed by atoms with Gasteiger partial charge in [-0.25, -0.2) is 0 Å². The molecule has 12 heavy (non-hydrogen) atoms. The predicted octanol–water partition coefficient (Wildman–Crippen LogP) is 2.73. The van der Waals surface area contributed by atoms with Crippen LogP contribution in [0, 0.1) is 0 Å². The highest BCUT2D eigenvalue weighted by molar-refractivity contribution is 6.42. The first-order chi connectivity index (χ1) is 5.10. The molecule has 72 valence electrons. The van der Waals surface area contributed by atoms with Gasteiger partial charge in [-0.1, -0.05) is 5.79 Å². The normalized spacial score (nSPS) is 13.2. The maximum absolute atomic E-state index is 5.73. The molecule has 0 unspecified atom stereocenters. The number of hydrogen-bond acceptors (Lipinski definition) is 2. The van der Waals surface area contributed by atoms with E-state index in [1.807, 2.05) is 0 Å². The second-order valence-corrected chi connectivity index (χ2v) is 6.63. The van der Waals surface area contributed by atoms with Gasteiger partial charge in [-0.3, -0.25) is 0 Å². The molecule has 0 N–H and O–H groups in total. The lowest BCUT2D eigenvalue weighted by atomic mass is 10.2. The van der Waals surface area contributed by atoms with Crippen LogP contribution in [0.4, 0.5) is 0 Å². The summed E-state index contributed by atoms with van der Waals surface area (Å²) < 4.78 is 11.5. The Labute approximate surface area is 81.3 Å². The average Bonchev–Trinajstić information content (AvgIpc) is 1.49. The van der Waals surface area contributed by atoms with E-state index in [0.29, 0.717) is 0 Å². The van der Waals surface area contributed by atoms with Gasteiger partial charge < -0.3 is 7.58 Å². The zero-order valence-electron chi connectivity index (χ0n) is 9.39. The fourth-order valence-corrected chi connectivity index (χ4v) is 3.06. The first-order valence-corrected chi connectivity index (χ1v) is 6.55. The molecule has 0 fully saturated rings. The summed E-state index contributed by atoms with van der Waals surface area (Å²) in [6, 6.07) is 0. The van der Waals surface area contributed by atoms with E-state index in [4.69, 9.17) is 7.58 Å². The van der Waals surface area contributed by atoms with Crippen molar-refractivity contribution in [2.75, 3.05) is 0 Å². The van der Waals surface area contributed by atoms with E-state index < -0.39 is 14.8 Å². The van der Waals surface area contributed by atoms with E-state index in [0.717, 1.165) is 0 Å². The third-order valence-corrected chi connectivity index (χ3v) is 3.12. The molecule has 0 heterocycles. The van der Waals surface area contributed by atoms with Gasteiger partial charge in [-0.2, -0.15) is 0 Å². The van der Waals surface area contributed by atoms with Crippen molar-refractivity contribution in [3.8, 4) is 0 Å². The van der Waals surface area contributed by atoms with Gasteiger partial charge in [0.15, 0.2) is 0 Å². The van der Waals surface area contributed by atoms with E-state index in [1.54, 1.807) is 0 Å². The van der Waals surface area contributed by atoms with Gasteiger partial charge in [-0.05, 0) is 41.5 Å². The minimum absolute atomic E-state index is 0.0725. The molecule has 0 aromatic heterocycles. The van der Waals surface area contributed by atoms with Crippen molar-refractivity contribution in [1.82, 2.24) is 0 Å². The van der Waals surface area contributed by atoms with Gasteiger partial charge in [0.1, 0.15) is 0 Å². The lowest BCUT2D eigenvalue weighted by molar-refractivity contribution is 0.0372. The fourth-order valence-electron chi connectivity index (χ4n) is 1.02. The summed E-state index contributed by atoms with van der Waals surface area (Å²) >= 11 is -1.45. The monoisotopic (exact) mass is 188 g/mol. The van der Waals surface area contributed by atoms with Crippen molar-refractivity contribution in [2.45, 2.75) is 58.5 Å². The molecule has 0 spiro atoms. The highest BCUT2D eigenvalue weighted by atomic mass is 27.2. The van der Waals surface area contributed by atoms with E-state index in [1.165, 1.54) is 0 Å². The molecule has 0 atom stereocenters. The SMILES string of the molecule is [CH3][Al]([O]C(C)(C)C)[O]C(C)(C)C. The van der Waals surface area contributed by atoms with E-state index in [2.05, 4.69) is 47.3 Å². The van der Waals surface area contributed by atoms with Crippen LogP contribution in [0.1, 0.15) is 41.5 Å². The summed E-state index contributed by atoms with van der Waals surface area (Å²) in [6.45, 7) is 12.3. The van der Waals surface area contributed by atoms with Gasteiger partial charge in [0.05, 0.1) is 0 Å². The molecule has 0 bridgehead atoms. The van der Waals surface area contributed by atoms with Gasteiger partial charge in [0.2, 0.25) is 0 Å². The summed E-state index contributed by atoms with van der Waals surface area (Å²) in [6.07, 6.45) is 0. The van der Waals surface area contributed by atoms with Crippen LogP contribution in [-0.4, -0.2) is 26.0 Å². The molecule has 0 aromatic carbocycles. The quantitative estimate of drug-likeness (QED) is 0.620. The summed E-state index contributed by atoms with van der Waals surface area (Å²) in [5.41, 5.74) is -0.145. The summed E-state index contributed by atoms with van der Waals surface area (Å²) in [7, 11) is 0. The average molecular weight is 188 g/mol. The zero-order valence-corrected chi connectivity index (χ0v) is 10.5. The topological polar surface area (TPSA) is 18.5 Å². The molecule has 0 aliphatic rings. The predicted molar refractivity (Wildman–Crippen MR) is 53.3 cm³/mol. The summed E-state index contributed by atoms with van der Waals surface area (Å²) in [5, 5.41) is 0. The van der Waals surface area contributed by atoms with Crippen molar-refractivity contribution in [3.05, 3.63) is 0 Å². The van der Waals surface area contributed by atoms with Gasteiger partial charge in [-0.15, -0.1) is 0 Å². The molecule has 0 saturated heterocycles. The third-order valence-electron chi connectivity index (χ3n) is 1.04. The number of rotatable bonds is 2. The van der Waals surface area contributed by atoms with E-state index in [-0.39, 0.29) is 11.2 Å². The minimum Gasteiger partial charge on any atom is -0.474 e. The molecule has 0 saturated carbocycles.